The summed E-state index contributed by atoms with van der Waals surface area (Å²) in [5, 5.41) is 3.43. The molecule has 1 N–H and O–H groups in total. The smallest absolute Gasteiger partial charge is 0.137 e. The Bertz CT molecular complexity index is 429. The summed E-state index contributed by atoms with van der Waals surface area (Å²) in [6, 6.07) is 0.453. The van der Waals surface area contributed by atoms with Crippen LogP contribution in [0.4, 0.5) is 11.6 Å². The fraction of sp³-hybridized carbons (Fsp3) is 0.765. The van der Waals surface area contributed by atoms with Gasteiger partial charge in [0.1, 0.15) is 17.5 Å². The standard InChI is InChI=1S/C17H32N4/c1-7-9-10-12-21(13(3)4)17-14(5)16(18-11-8-2)19-15(6)20-17/h13H,7-12H2,1-6H3,(H,18,19,20). The molecule has 21 heavy (non-hydrogen) atoms. The van der Waals surface area contributed by atoms with Crippen LogP contribution in [0.25, 0.3) is 0 Å². The van der Waals surface area contributed by atoms with Gasteiger partial charge in [0.2, 0.25) is 0 Å². The molecule has 0 fully saturated rings. The number of aromatic nitrogens is 2. The number of unbranched alkanes of at least 4 members (excludes halogenated alkanes) is 2. The van der Waals surface area contributed by atoms with Crippen LogP contribution < -0.4 is 10.2 Å². The summed E-state index contributed by atoms with van der Waals surface area (Å²) in [4.78, 5) is 11.7. The van der Waals surface area contributed by atoms with E-state index in [9.17, 15) is 0 Å². The van der Waals surface area contributed by atoms with Crippen LogP contribution in [-0.2, 0) is 0 Å². The first-order chi connectivity index (χ1) is 10.0. The molecule has 1 heterocycles. The Morgan fingerprint density at radius 1 is 1.05 bits per heavy atom. The Hall–Kier alpha value is -1.32. The molecule has 0 atom stereocenters. The van der Waals surface area contributed by atoms with Crippen molar-refractivity contribution in [1.29, 1.82) is 0 Å². The number of nitrogens with one attached hydrogen (secondary N) is 1. The average Bonchev–Trinajstić information content (AvgIpc) is 2.44. The zero-order valence-electron chi connectivity index (χ0n) is 14.7. The monoisotopic (exact) mass is 292 g/mol. The van der Waals surface area contributed by atoms with Gasteiger partial charge < -0.3 is 10.2 Å². The first kappa shape index (κ1) is 17.7. The molecule has 1 aromatic rings. The highest BCUT2D eigenvalue weighted by Crippen LogP contribution is 2.25. The number of hydrogen-bond acceptors (Lipinski definition) is 4. The Labute approximate surface area is 130 Å². The molecule has 0 aromatic carbocycles. The summed E-state index contributed by atoms with van der Waals surface area (Å²) in [5.74, 6) is 2.92. The fourth-order valence-corrected chi connectivity index (χ4v) is 2.45. The van der Waals surface area contributed by atoms with E-state index in [0.29, 0.717) is 6.04 Å². The predicted molar refractivity (Wildman–Crippen MR) is 92.3 cm³/mol. The molecule has 0 spiro atoms. The molecule has 120 valence electrons. The molecule has 1 rings (SSSR count). The molecule has 0 unspecified atom stereocenters. The minimum atomic E-state index is 0.453. The van der Waals surface area contributed by atoms with Crippen LogP contribution in [0.3, 0.4) is 0 Å². The van der Waals surface area contributed by atoms with Crippen LogP contribution in [-0.4, -0.2) is 29.1 Å². The highest BCUT2D eigenvalue weighted by molar-refractivity contribution is 5.59. The van der Waals surface area contributed by atoms with E-state index >= 15 is 0 Å². The summed E-state index contributed by atoms with van der Waals surface area (Å²) >= 11 is 0. The van der Waals surface area contributed by atoms with Crippen LogP contribution in [0, 0.1) is 13.8 Å². The van der Waals surface area contributed by atoms with Crippen molar-refractivity contribution in [1.82, 2.24) is 9.97 Å². The average molecular weight is 292 g/mol. The summed E-state index contributed by atoms with van der Waals surface area (Å²) in [5.41, 5.74) is 1.17. The molecule has 1 aromatic heterocycles. The summed E-state index contributed by atoms with van der Waals surface area (Å²) in [6.07, 6.45) is 4.83. The highest BCUT2D eigenvalue weighted by atomic mass is 15.2. The fourth-order valence-electron chi connectivity index (χ4n) is 2.45. The highest BCUT2D eigenvalue weighted by Gasteiger charge is 2.17. The number of nitrogens with zero attached hydrogens (tertiary/aromatic N) is 3. The van der Waals surface area contributed by atoms with Crippen molar-refractivity contribution in [3.05, 3.63) is 11.4 Å². The second-order valence-corrected chi connectivity index (χ2v) is 5.99. The van der Waals surface area contributed by atoms with Gasteiger partial charge in [-0.1, -0.05) is 26.7 Å². The van der Waals surface area contributed by atoms with Gasteiger partial charge in [-0.15, -0.1) is 0 Å². The zero-order valence-corrected chi connectivity index (χ0v) is 14.7. The minimum Gasteiger partial charge on any atom is -0.370 e. The first-order valence-corrected chi connectivity index (χ1v) is 8.36. The topological polar surface area (TPSA) is 41.1 Å². The summed E-state index contributed by atoms with van der Waals surface area (Å²) < 4.78 is 0. The van der Waals surface area contributed by atoms with E-state index in [1.807, 2.05) is 6.92 Å². The van der Waals surface area contributed by atoms with Gasteiger partial charge in [0.15, 0.2) is 0 Å². The van der Waals surface area contributed by atoms with E-state index in [1.165, 1.54) is 24.8 Å². The zero-order chi connectivity index (χ0) is 15.8. The molecular weight excluding hydrogens is 260 g/mol. The van der Waals surface area contributed by atoms with Gasteiger partial charge in [-0.2, -0.15) is 0 Å². The maximum absolute atomic E-state index is 4.72. The van der Waals surface area contributed by atoms with E-state index in [4.69, 9.17) is 4.98 Å². The van der Waals surface area contributed by atoms with Gasteiger partial charge in [0.05, 0.1) is 0 Å². The number of aryl methyl sites for hydroxylation is 1. The van der Waals surface area contributed by atoms with Crippen molar-refractivity contribution >= 4 is 11.6 Å². The second-order valence-electron chi connectivity index (χ2n) is 5.99. The second kappa shape index (κ2) is 8.85. The Morgan fingerprint density at radius 2 is 1.76 bits per heavy atom. The molecule has 0 radical (unpaired) electrons. The molecular formula is C17H32N4. The lowest BCUT2D eigenvalue weighted by Crippen LogP contribution is -2.33. The van der Waals surface area contributed by atoms with Gasteiger partial charge in [0.25, 0.3) is 0 Å². The van der Waals surface area contributed by atoms with Crippen LogP contribution in [0.1, 0.15) is 64.8 Å². The van der Waals surface area contributed by atoms with E-state index in [-0.39, 0.29) is 0 Å². The Kier molecular flexibility index (Phi) is 7.48. The lowest BCUT2D eigenvalue weighted by atomic mass is 10.2. The number of hydrogen-bond donors (Lipinski definition) is 1. The number of rotatable bonds is 9. The predicted octanol–water partition coefficient (Wildman–Crippen LogP) is 4.32. The molecule has 4 nitrogen and oxygen atoms in total. The SMILES string of the molecule is CCCCCN(c1nc(C)nc(NCCC)c1C)C(C)C. The molecule has 0 bridgehead atoms. The largest absolute Gasteiger partial charge is 0.370 e. The molecule has 0 aliphatic carbocycles. The molecule has 0 aliphatic heterocycles. The maximum atomic E-state index is 4.72. The molecule has 0 aliphatic rings. The van der Waals surface area contributed by atoms with Gasteiger partial charge >= 0.3 is 0 Å². The van der Waals surface area contributed by atoms with Crippen molar-refractivity contribution in [2.45, 2.75) is 73.3 Å². The van der Waals surface area contributed by atoms with Gasteiger partial charge in [-0.25, -0.2) is 9.97 Å². The molecule has 0 saturated carbocycles. The van der Waals surface area contributed by atoms with Crippen molar-refractivity contribution in [3.63, 3.8) is 0 Å². The van der Waals surface area contributed by atoms with Crippen molar-refractivity contribution in [2.24, 2.45) is 0 Å². The van der Waals surface area contributed by atoms with Crippen molar-refractivity contribution < 1.29 is 0 Å². The first-order valence-electron chi connectivity index (χ1n) is 8.36. The maximum Gasteiger partial charge on any atom is 0.137 e. The number of anilines is 2. The normalized spacial score (nSPS) is 11.0. The third-order valence-electron chi connectivity index (χ3n) is 3.67. The van der Waals surface area contributed by atoms with Gasteiger partial charge in [-0.3, -0.25) is 0 Å². The van der Waals surface area contributed by atoms with Gasteiger partial charge in [-0.05, 0) is 40.5 Å². The summed E-state index contributed by atoms with van der Waals surface area (Å²) in [6.45, 7) is 15.0. The van der Waals surface area contributed by atoms with E-state index in [1.54, 1.807) is 0 Å². The summed E-state index contributed by atoms with van der Waals surface area (Å²) in [7, 11) is 0. The molecule has 4 heteroatoms. The van der Waals surface area contributed by atoms with Crippen molar-refractivity contribution in [3.8, 4) is 0 Å². The minimum absolute atomic E-state index is 0.453. The van der Waals surface area contributed by atoms with Crippen LogP contribution in [0.2, 0.25) is 0 Å². The van der Waals surface area contributed by atoms with E-state index < -0.39 is 0 Å². The Balaban J connectivity index is 3.03. The van der Waals surface area contributed by atoms with Crippen LogP contribution in [0.15, 0.2) is 0 Å². The quantitative estimate of drug-likeness (QED) is 0.688. The molecule has 0 amide bonds. The van der Waals surface area contributed by atoms with E-state index in [0.717, 1.165) is 37.0 Å². The third-order valence-corrected chi connectivity index (χ3v) is 3.67. The van der Waals surface area contributed by atoms with Gasteiger partial charge in [0, 0.05) is 24.7 Å². The third kappa shape index (κ3) is 5.18. The molecule has 0 saturated heterocycles. The Morgan fingerprint density at radius 3 is 2.33 bits per heavy atom. The van der Waals surface area contributed by atoms with E-state index in [2.05, 4.69) is 49.8 Å². The van der Waals surface area contributed by atoms with Crippen LogP contribution in [0.5, 0.6) is 0 Å². The lowest BCUT2D eigenvalue weighted by molar-refractivity contribution is 0.617. The van der Waals surface area contributed by atoms with Crippen LogP contribution >= 0.6 is 0 Å². The van der Waals surface area contributed by atoms with Crippen molar-refractivity contribution in [2.75, 3.05) is 23.3 Å². The lowest BCUT2D eigenvalue weighted by Gasteiger charge is -2.30.